The Morgan fingerprint density at radius 2 is 2.00 bits per heavy atom. The fourth-order valence-corrected chi connectivity index (χ4v) is 2.88. The van der Waals surface area contributed by atoms with E-state index in [0.29, 0.717) is 25.7 Å². The van der Waals surface area contributed by atoms with Gasteiger partial charge in [-0.1, -0.05) is 19.1 Å². The highest BCUT2D eigenvalue weighted by atomic mass is 127. The SMILES string of the molecule is CC1CCN(C(N)=NCc2cccc3c2OCCCO3)CC1.I. The lowest BCUT2D eigenvalue weighted by molar-refractivity contribution is 0.277. The summed E-state index contributed by atoms with van der Waals surface area (Å²) in [5, 5.41) is 0. The van der Waals surface area contributed by atoms with E-state index in [-0.39, 0.29) is 24.0 Å². The molecular formula is C17H26IN3O2. The van der Waals surface area contributed by atoms with Gasteiger partial charge in [0.05, 0.1) is 19.8 Å². The van der Waals surface area contributed by atoms with Gasteiger partial charge in [-0.05, 0) is 24.8 Å². The van der Waals surface area contributed by atoms with Crippen LogP contribution in [-0.4, -0.2) is 37.2 Å². The van der Waals surface area contributed by atoms with Gasteiger partial charge in [0.15, 0.2) is 17.5 Å². The number of piperidine rings is 1. The van der Waals surface area contributed by atoms with Crippen molar-refractivity contribution in [2.24, 2.45) is 16.6 Å². The van der Waals surface area contributed by atoms with E-state index in [0.717, 1.165) is 42.5 Å². The number of nitrogens with zero attached hydrogens (tertiary/aromatic N) is 2. The van der Waals surface area contributed by atoms with Gasteiger partial charge in [-0.2, -0.15) is 0 Å². The van der Waals surface area contributed by atoms with Crippen molar-refractivity contribution in [1.29, 1.82) is 0 Å². The highest BCUT2D eigenvalue weighted by Gasteiger charge is 2.18. The molecule has 128 valence electrons. The fourth-order valence-electron chi connectivity index (χ4n) is 2.88. The first kappa shape index (κ1) is 18.2. The van der Waals surface area contributed by atoms with Crippen LogP contribution in [0, 0.1) is 5.92 Å². The third kappa shape index (κ3) is 4.65. The number of hydrogen-bond acceptors (Lipinski definition) is 3. The lowest BCUT2D eigenvalue weighted by Gasteiger charge is -2.31. The van der Waals surface area contributed by atoms with E-state index in [1.54, 1.807) is 0 Å². The van der Waals surface area contributed by atoms with Crippen LogP contribution in [0.4, 0.5) is 0 Å². The zero-order valence-corrected chi connectivity index (χ0v) is 16.0. The zero-order valence-electron chi connectivity index (χ0n) is 13.7. The number of aliphatic imine (C=N–C) groups is 1. The average Bonchev–Trinajstić information content (AvgIpc) is 2.79. The minimum atomic E-state index is 0. The molecule has 0 saturated carbocycles. The summed E-state index contributed by atoms with van der Waals surface area (Å²) in [6.45, 7) is 6.22. The molecule has 1 aromatic carbocycles. The molecule has 2 aliphatic heterocycles. The molecule has 0 aromatic heterocycles. The second kappa shape index (κ2) is 8.61. The number of benzene rings is 1. The summed E-state index contributed by atoms with van der Waals surface area (Å²) in [5.74, 6) is 3.07. The maximum Gasteiger partial charge on any atom is 0.191 e. The van der Waals surface area contributed by atoms with Gasteiger partial charge >= 0.3 is 0 Å². The van der Waals surface area contributed by atoms with Crippen LogP contribution in [0.15, 0.2) is 23.2 Å². The first-order valence-electron chi connectivity index (χ1n) is 8.16. The summed E-state index contributed by atoms with van der Waals surface area (Å²) in [5.41, 5.74) is 7.19. The molecule has 2 aliphatic rings. The number of rotatable bonds is 2. The summed E-state index contributed by atoms with van der Waals surface area (Å²) in [6, 6.07) is 5.96. The van der Waals surface area contributed by atoms with Crippen LogP contribution in [-0.2, 0) is 6.54 Å². The Morgan fingerprint density at radius 1 is 1.26 bits per heavy atom. The van der Waals surface area contributed by atoms with Crippen LogP contribution in [0.2, 0.25) is 0 Å². The highest BCUT2D eigenvalue weighted by Crippen LogP contribution is 2.33. The minimum absolute atomic E-state index is 0. The number of likely N-dealkylation sites (tertiary alicyclic amines) is 1. The topological polar surface area (TPSA) is 60.1 Å². The van der Waals surface area contributed by atoms with Crippen molar-refractivity contribution in [1.82, 2.24) is 4.90 Å². The van der Waals surface area contributed by atoms with Gasteiger partial charge in [0.2, 0.25) is 0 Å². The Kier molecular flexibility index (Phi) is 6.80. The Morgan fingerprint density at radius 3 is 2.78 bits per heavy atom. The van der Waals surface area contributed by atoms with Crippen LogP contribution in [0.3, 0.4) is 0 Å². The molecule has 1 aromatic rings. The van der Waals surface area contributed by atoms with Crippen molar-refractivity contribution in [2.45, 2.75) is 32.7 Å². The lowest BCUT2D eigenvalue weighted by atomic mass is 10.00. The van der Waals surface area contributed by atoms with E-state index in [1.165, 1.54) is 12.8 Å². The van der Waals surface area contributed by atoms with Crippen molar-refractivity contribution in [3.8, 4) is 11.5 Å². The van der Waals surface area contributed by atoms with Crippen molar-refractivity contribution in [3.05, 3.63) is 23.8 Å². The number of hydrogen-bond donors (Lipinski definition) is 1. The molecule has 5 nitrogen and oxygen atoms in total. The molecular weight excluding hydrogens is 405 g/mol. The van der Waals surface area contributed by atoms with Gasteiger partial charge in [-0.15, -0.1) is 24.0 Å². The van der Waals surface area contributed by atoms with Gasteiger partial charge in [-0.25, -0.2) is 4.99 Å². The molecule has 0 radical (unpaired) electrons. The maximum atomic E-state index is 6.15. The quantitative estimate of drug-likeness (QED) is 0.445. The zero-order chi connectivity index (χ0) is 15.4. The molecule has 0 unspecified atom stereocenters. The standard InChI is InChI=1S/C17H25N3O2.HI/c1-13-6-8-20(9-7-13)17(18)19-12-14-4-2-5-15-16(14)22-11-3-10-21-15;/h2,4-5,13H,3,6-12H2,1H3,(H2,18,19);1H. The lowest BCUT2D eigenvalue weighted by Crippen LogP contribution is -2.42. The van der Waals surface area contributed by atoms with Crippen LogP contribution >= 0.6 is 24.0 Å². The Bertz CT molecular complexity index is 543. The van der Waals surface area contributed by atoms with E-state index in [1.807, 2.05) is 18.2 Å². The highest BCUT2D eigenvalue weighted by molar-refractivity contribution is 14.0. The third-order valence-electron chi connectivity index (χ3n) is 4.37. The Balaban J connectivity index is 0.00000192. The first-order chi connectivity index (χ1) is 10.7. The second-order valence-corrected chi connectivity index (χ2v) is 6.14. The summed E-state index contributed by atoms with van der Waals surface area (Å²) >= 11 is 0. The monoisotopic (exact) mass is 431 g/mol. The normalized spacial score (nSPS) is 19.0. The second-order valence-electron chi connectivity index (χ2n) is 6.14. The molecule has 0 atom stereocenters. The molecule has 0 spiro atoms. The molecule has 1 saturated heterocycles. The summed E-state index contributed by atoms with van der Waals surface area (Å²) in [7, 11) is 0. The van der Waals surface area contributed by atoms with Crippen molar-refractivity contribution in [2.75, 3.05) is 26.3 Å². The predicted octanol–water partition coefficient (Wildman–Crippen LogP) is 3.01. The average molecular weight is 431 g/mol. The third-order valence-corrected chi connectivity index (χ3v) is 4.37. The molecule has 0 amide bonds. The Hall–Kier alpha value is -1.18. The van der Waals surface area contributed by atoms with Gasteiger partial charge in [0, 0.05) is 25.1 Å². The number of nitrogens with two attached hydrogens (primary N) is 1. The van der Waals surface area contributed by atoms with Crippen LogP contribution < -0.4 is 15.2 Å². The van der Waals surface area contributed by atoms with Crippen LogP contribution in [0.25, 0.3) is 0 Å². The van der Waals surface area contributed by atoms with Crippen molar-refractivity contribution in [3.63, 3.8) is 0 Å². The van der Waals surface area contributed by atoms with Gasteiger partial charge < -0.3 is 20.1 Å². The maximum absolute atomic E-state index is 6.15. The fraction of sp³-hybridized carbons (Fsp3) is 0.588. The van der Waals surface area contributed by atoms with Crippen molar-refractivity contribution >= 4 is 29.9 Å². The largest absolute Gasteiger partial charge is 0.490 e. The molecule has 1 fully saturated rings. The first-order valence-corrected chi connectivity index (χ1v) is 8.16. The number of halogens is 1. The summed E-state index contributed by atoms with van der Waals surface area (Å²) < 4.78 is 11.5. The van der Waals surface area contributed by atoms with E-state index in [9.17, 15) is 0 Å². The number of guanidine groups is 1. The molecule has 6 heteroatoms. The molecule has 23 heavy (non-hydrogen) atoms. The van der Waals surface area contributed by atoms with E-state index >= 15 is 0 Å². The molecule has 2 heterocycles. The number of para-hydroxylation sites is 1. The summed E-state index contributed by atoms with van der Waals surface area (Å²) in [4.78, 5) is 6.75. The van der Waals surface area contributed by atoms with E-state index < -0.39 is 0 Å². The Labute approximate surface area is 155 Å². The predicted molar refractivity (Wildman–Crippen MR) is 103 cm³/mol. The van der Waals surface area contributed by atoms with Gasteiger partial charge in [0.25, 0.3) is 0 Å². The van der Waals surface area contributed by atoms with E-state index in [4.69, 9.17) is 15.2 Å². The molecule has 3 rings (SSSR count). The van der Waals surface area contributed by atoms with Crippen LogP contribution in [0.5, 0.6) is 11.5 Å². The summed E-state index contributed by atoms with van der Waals surface area (Å²) in [6.07, 6.45) is 3.29. The van der Waals surface area contributed by atoms with Gasteiger partial charge in [-0.3, -0.25) is 0 Å². The van der Waals surface area contributed by atoms with Gasteiger partial charge in [0.1, 0.15) is 0 Å². The molecule has 2 N–H and O–H groups in total. The van der Waals surface area contributed by atoms with Crippen LogP contribution in [0.1, 0.15) is 31.7 Å². The number of fused-ring (bicyclic) bond motifs is 1. The minimum Gasteiger partial charge on any atom is -0.490 e. The van der Waals surface area contributed by atoms with E-state index in [2.05, 4.69) is 16.8 Å². The van der Waals surface area contributed by atoms with Crippen molar-refractivity contribution < 1.29 is 9.47 Å². The smallest absolute Gasteiger partial charge is 0.191 e. The number of ether oxygens (including phenoxy) is 2. The molecule has 0 bridgehead atoms. The molecule has 0 aliphatic carbocycles.